The van der Waals surface area contributed by atoms with Gasteiger partial charge in [0.2, 0.25) is 11.8 Å². The molecule has 0 saturated heterocycles. The van der Waals surface area contributed by atoms with Crippen LogP contribution in [-0.2, 0) is 22.6 Å². The summed E-state index contributed by atoms with van der Waals surface area (Å²) in [5, 5.41) is 39.0. The first-order valence-corrected chi connectivity index (χ1v) is 14.0. The number of hydrogen-bond acceptors (Lipinski definition) is 8. The van der Waals surface area contributed by atoms with Gasteiger partial charge in [0, 0.05) is 36.0 Å². The van der Waals surface area contributed by atoms with Gasteiger partial charge in [0.1, 0.15) is 6.04 Å². The van der Waals surface area contributed by atoms with Crippen LogP contribution in [0.25, 0.3) is 22.5 Å². The van der Waals surface area contributed by atoms with Crippen molar-refractivity contribution in [2.75, 3.05) is 18.1 Å². The molecule has 12 heteroatoms. The van der Waals surface area contributed by atoms with Crippen molar-refractivity contribution in [3.63, 3.8) is 0 Å². The summed E-state index contributed by atoms with van der Waals surface area (Å²) in [4.78, 5) is 31.8. The minimum atomic E-state index is -0.909. The molecule has 0 aliphatic carbocycles. The van der Waals surface area contributed by atoms with Gasteiger partial charge in [-0.15, -0.1) is 5.10 Å². The first-order valence-electron chi connectivity index (χ1n) is 14.0. The highest BCUT2D eigenvalue weighted by molar-refractivity contribution is 6.00. The molecule has 4 aromatic rings. The fourth-order valence-corrected chi connectivity index (χ4v) is 5.22. The Hall–Kier alpha value is -4.39. The number of carbonyl (C=O) groups excluding carboxylic acids is 2. The predicted molar refractivity (Wildman–Crippen MR) is 157 cm³/mol. The van der Waals surface area contributed by atoms with Crippen molar-refractivity contribution in [2.45, 2.75) is 57.3 Å². The van der Waals surface area contributed by atoms with Gasteiger partial charge in [-0.25, -0.2) is 5.10 Å². The number of fused-ring (bicyclic) bond motifs is 1. The second kappa shape index (κ2) is 12.6. The number of aromatic nitrogens is 5. The number of aromatic amines is 2. The number of carbonyl (C=O) groups is 2. The molecular weight excluding hydrogens is 536 g/mol. The van der Waals surface area contributed by atoms with Gasteiger partial charge in [0.05, 0.1) is 24.9 Å². The molecule has 0 unspecified atom stereocenters. The third-order valence-corrected chi connectivity index (χ3v) is 7.44. The average Bonchev–Trinajstić information content (AvgIpc) is 3.67. The summed E-state index contributed by atoms with van der Waals surface area (Å²) in [6.45, 7) is 3.82. The highest BCUT2D eigenvalue weighted by Gasteiger charge is 2.33. The Balaban J connectivity index is 1.30. The van der Waals surface area contributed by atoms with Gasteiger partial charge in [0.25, 0.3) is 0 Å². The number of aliphatic hydroxyl groups is 2. The zero-order valence-corrected chi connectivity index (χ0v) is 23.7. The van der Waals surface area contributed by atoms with E-state index in [1.54, 1.807) is 4.90 Å². The maximum atomic E-state index is 13.8. The zero-order chi connectivity index (χ0) is 29.7. The maximum absolute atomic E-state index is 13.8. The summed E-state index contributed by atoms with van der Waals surface area (Å²) in [6.07, 6.45) is 2.11. The molecular formula is C30H36N8O4. The number of amides is 2. The van der Waals surface area contributed by atoms with E-state index in [4.69, 9.17) is 5.11 Å². The molecule has 2 aromatic heterocycles. The molecule has 0 radical (unpaired) electrons. The number of H-pyrrole nitrogens is 2. The molecule has 1 aliphatic rings. The number of β-amino-alcohol motifs (C(OH)–C–C–N with tert-alkyl or cyclic N) is 1. The number of aliphatic hydroxyl groups excluding tert-OH is 2. The predicted octanol–water partition coefficient (Wildman–Crippen LogP) is 1.94. The molecule has 5 rings (SSSR count). The van der Waals surface area contributed by atoms with Gasteiger partial charge in [0.15, 0.2) is 5.82 Å². The summed E-state index contributed by atoms with van der Waals surface area (Å²) in [7, 11) is 0. The molecule has 0 fully saturated rings. The van der Waals surface area contributed by atoms with Crippen molar-refractivity contribution >= 4 is 17.5 Å². The number of anilines is 1. The van der Waals surface area contributed by atoms with Gasteiger partial charge < -0.3 is 30.7 Å². The van der Waals surface area contributed by atoms with E-state index in [1.165, 1.54) is 0 Å². The van der Waals surface area contributed by atoms with Crippen LogP contribution in [0.4, 0.5) is 5.69 Å². The van der Waals surface area contributed by atoms with E-state index in [9.17, 15) is 14.7 Å². The molecule has 1 aliphatic heterocycles. The average molecular weight is 573 g/mol. The van der Waals surface area contributed by atoms with Crippen LogP contribution in [0.2, 0.25) is 0 Å². The lowest BCUT2D eigenvalue weighted by Crippen LogP contribution is -2.51. The van der Waals surface area contributed by atoms with Crippen LogP contribution in [-0.4, -0.2) is 78.5 Å². The van der Waals surface area contributed by atoms with Crippen LogP contribution < -0.4 is 15.5 Å². The molecule has 0 spiro atoms. The molecule has 2 amide bonds. The monoisotopic (exact) mass is 572 g/mol. The normalized spacial score (nSPS) is 16.1. The molecule has 42 heavy (non-hydrogen) atoms. The molecule has 2 aromatic carbocycles. The zero-order valence-electron chi connectivity index (χ0n) is 23.7. The van der Waals surface area contributed by atoms with E-state index in [1.807, 2.05) is 74.6 Å². The molecule has 220 valence electrons. The highest BCUT2D eigenvalue weighted by atomic mass is 16.3. The smallest absolute Gasteiger partial charge is 0.249 e. The van der Waals surface area contributed by atoms with Crippen molar-refractivity contribution < 1.29 is 19.8 Å². The Bertz CT molecular complexity index is 1500. The van der Waals surface area contributed by atoms with Crippen molar-refractivity contribution in [1.29, 1.82) is 0 Å². The number of benzene rings is 2. The Labute approximate surface area is 243 Å². The Kier molecular flexibility index (Phi) is 8.76. The van der Waals surface area contributed by atoms with E-state index in [2.05, 4.69) is 36.2 Å². The second-order valence-corrected chi connectivity index (χ2v) is 11.2. The third kappa shape index (κ3) is 6.73. The number of nitrogens with zero attached hydrogens (tertiary/aromatic N) is 4. The molecule has 2 atom stereocenters. The largest absolute Gasteiger partial charge is 0.394 e. The fourth-order valence-electron chi connectivity index (χ4n) is 5.22. The molecule has 12 nitrogen and oxygen atoms in total. The fraction of sp³-hybridized carbons (Fsp3) is 0.367. The highest BCUT2D eigenvalue weighted by Crippen LogP contribution is 2.31. The molecule has 6 N–H and O–H groups in total. The Morgan fingerprint density at radius 2 is 1.90 bits per heavy atom. The van der Waals surface area contributed by atoms with E-state index in [0.717, 1.165) is 33.6 Å². The van der Waals surface area contributed by atoms with Crippen LogP contribution in [0.15, 0.2) is 60.8 Å². The molecule has 3 heterocycles. The van der Waals surface area contributed by atoms with Gasteiger partial charge in [-0.3, -0.25) is 9.59 Å². The van der Waals surface area contributed by atoms with Gasteiger partial charge in [-0.05, 0) is 59.9 Å². The van der Waals surface area contributed by atoms with Crippen LogP contribution >= 0.6 is 0 Å². The second-order valence-electron chi connectivity index (χ2n) is 11.2. The summed E-state index contributed by atoms with van der Waals surface area (Å²) < 4.78 is 0. The van der Waals surface area contributed by atoms with Crippen molar-refractivity contribution in [2.24, 2.45) is 0 Å². The number of tetrazole rings is 1. The van der Waals surface area contributed by atoms with Gasteiger partial charge in [-0.2, -0.15) is 0 Å². The SMILES string of the molecule is CC(C)(CC(=O)N[C@@H]1CCc2[nH]ccc2N(Cc2ccc(-c3ccccc3-c3nnn[nH]3)cc2)C1=O)NC[C@H](O)CO. The summed E-state index contributed by atoms with van der Waals surface area (Å²) >= 11 is 0. The summed E-state index contributed by atoms with van der Waals surface area (Å²) in [6, 6.07) is 17.1. The van der Waals surface area contributed by atoms with Crippen LogP contribution in [0.5, 0.6) is 0 Å². The minimum absolute atomic E-state index is 0.104. The summed E-state index contributed by atoms with van der Waals surface area (Å²) in [5.41, 5.74) is 4.92. The van der Waals surface area contributed by atoms with Crippen LogP contribution in [0.1, 0.15) is 37.9 Å². The first kappa shape index (κ1) is 29.1. The number of aryl methyl sites for hydroxylation is 1. The number of nitrogens with one attached hydrogen (secondary N) is 4. The summed E-state index contributed by atoms with van der Waals surface area (Å²) in [5.74, 6) is 0.148. The third-order valence-electron chi connectivity index (χ3n) is 7.44. The van der Waals surface area contributed by atoms with Crippen LogP contribution in [0, 0.1) is 0 Å². The van der Waals surface area contributed by atoms with Crippen molar-refractivity contribution in [3.05, 3.63) is 72.1 Å². The van der Waals surface area contributed by atoms with E-state index < -0.39 is 17.7 Å². The first-order chi connectivity index (χ1) is 20.2. The minimum Gasteiger partial charge on any atom is -0.394 e. The Morgan fingerprint density at radius 3 is 2.62 bits per heavy atom. The Morgan fingerprint density at radius 1 is 1.14 bits per heavy atom. The quantitative estimate of drug-likeness (QED) is 0.158. The van der Waals surface area contributed by atoms with Crippen molar-refractivity contribution in [3.8, 4) is 22.5 Å². The molecule has 0 bridgehead atoms. The van der Waals surface area contributed by atoms with Gasteiger partial charge in [-0.1, -0.05) is 48.5 Å². The van der Waals surface area contributed by atoms with Crippen molar-refractivity contribution in [1.82, 2.24) is 36.2 Å². The molecule has 0 saturated carbocycles. The van der Waals surface area contributed by atoms with E-state index in [-0.39, 0.29) is 31.4 Å². The number of rotatable bonds is 11. The topological polar surface area (TPSA) is 172 Å². The van der Waals surface area contributed by atoms with E-state index >= 15 is 0 Å². The van der Waals surface area contributed by atoms with Crippen LogP contribution in [0.3, 0.4) is 0 Å². The maximum Gasteiger partial charge on any atom is 0.249 e. The number of hydrogen-bond donors (Lipinski definition) is 6. The lowest BCUT2D eigenvalue weighted by molar-refractivity contribution is -0.128. The standard InChI is InChI=1S/C30H36N8O4/c1-30(2,32-16-21(40)18-39)15-27(41)33-25-12-11-24-26(13-14-31-24)38(29(25)42)17-19-7-9-20(10-8-19)22-5-3-4-6-23(22)28-34-36-37-35-28/h3-10,13-14,21,25,31-32,39-40H,11-12,15-18H2,1-2H3,(H,33,41)(H,34,35,36,37)/t21-,25+/m0/s1. The van der Waals surface area contributed by atoms with E-state index in [0.29, 0.717) is 25.2 Å². The van der Waals surface area contributed by atoms with Gasteiger partial charge >= 0.3 is 0 Å². The lowest BCUT2D eigenvalue weighted by atomic mass is 9.98. The lowest BCUT2D eigenvalue weighted by Gasteiger charge is -2.29.